The minimum absolute atomic E-state index is 0.434. The summed E-state index contributed by atoms with van der Waals surface area (Å²) in [7, 11) is 0. The second kappa shape index (κ2) is 7.31. The molecule has 0 amide bonds. The molecule has 3 aromatic carbocycles. The monoisotopic (exact) mass is 369 g/mol. The first-order valence-corrected chi connectivity index (χ1v) is 10.5. The van der Waals surface area contributed by atoms with Crippen molar-refractivity contribution in [2.45, 2.75) is 50.9 Å². The fourth-order valence-electron chi connectivity index (χ4n) is 4.91. The second-order valence-electron chi connectivity index (χ2n) is 8.16. The summed E-state index contributed by atoms with van der Waals surface area (Å²) in [5.74, 6) is 1.16. The van der Waals surface area contributed by atoms with Crippen molar-refractivity contribution in [1.82, 2.24) is 0 Å². The molecule has 0 heterocycles. The molecule has 3 aromatic rings. The maximum Gasteiger partial charge on any atom is 0.198 e. The van der Waals surface area contributed by atoms with Crippen molar-refractivity contribution in [2.24, 2.45) is 10.7 Å². The summed E-state index contributed by atoms with van der Waals surface area (Å²) in [6, 6.07) is 19.5. The standard InChI is InChI=1S/C25H27N3/c26-25(27-21-14-11-18(12-15-21)17-5-2-1-3-6-17)28-23-16-13-20-10-9-19-7-4-8-22(23)24(19)20/h4,7-8,11-17H,1-3,5-6,9-10H2,(H3,26,27,28). The highest BCUT2D eigenvalue weighted by Crippen LogP contribution is 2.36. The molecule has 3 heteroatoms. The van der Waals surface area contributed by atoms with Crippen LogP contribution in [0.2, 0.25) is 0 Å². The van der Waals surface area contributed by atoms with Crippen LogP contribution in [0.1, 0.15) is 54.7 Å². The molecule has 2 aliphatic carbocycles. The van der Waals surface area contributed by atoms with E-state index in [1.54, 1.807) is 0 Å². The molecule has 0 bridgehead atoms. The van der Waals surface area contributed by atoms with Gasteiger partial charge in [0, 0.05) is 11.1 Å². The van der Waals surface area contributed by atoms with Crippen molar-refractivity contribution in [3.63, 3.8) is 0 Å². The van der Waals surface area contributed by atoms with Crippen LogP contribution in [0.4, 0.5) is 11.4 Å². The number of guanidine groups is 1. The Labute approximate surface area is 166 Å². The number of benzene rings is 3. The van der Waals surface area contributed by atoms with Gasteiger partial charge in [-0.1, -0.05) is 55.7 Å². The van der Waals surface area contributed by atoms with E-state index in [1.165, 1.54) is 59.6 Å². The van der Waals surface area contributed by atoms with Crippen LogP contribution in [0.3, 0.4) is 0 Å². The number of rotatable bonds is 3. The Bertz CT molecular complexity index is 1020. The van der Waals surface area contributed by atoms with Gasteiger partial charge in [-0.05, 0) is 71.9 Å². The first-order chi connectivity index (χ1) is 13.8. The normalized spacial score (nSPS) is 17.2. The zero-order valence-electron chi connectivity index (χ0n) is 16.2. The van der Waals surface area contributed by atoms with Gasteiger partial charge in [-0.15, -0.1) is 0 Å². The number of anilines is 1. The van der Waals surface area contributed by atoms with Crippen LogP contribution in [0.15, 0.2) is 59.6 Å². The molecule has 5 rings (SSSR count). The van der Waals surface area contributed by atoms with Gasteiger partial charge in [0.05, 0.1) is 5.69 Å². The Morgan fingerprint density at radius 3 is 2.39 bits per heavy atom. The van der Waals surface area contributed by atoms with Gasteiger partial charge < -0.3 is 11.1 Å². The van der Waals surface area contributed by atoms with Crippen molar-refractivity contribution < 1.29 is 0 Å². The van der Waals surface area contributed by atoms with Gasteiger partial charge in [0.15, 0.2) is 5.96 Å². The predicted molar refractivity (Wildman–Crippen MR) is 119 cm³/mol. The third-order valence-electron chi connectivity index (χ3n) is 6.35. The van der Waals surface area contributed by atoms with Crippen molar-refractivity contribution in [3.05, 3.63) is 71.3 Å². The number of nitrogens with one attached hydrogen (secondary N) is 1. The summed E-state index contributed by atoms with van der Waals surface area (Å²) in [5, 5.41) is 5.83. The molecule has 3 nitrogen and oxygen atoms in total. The van der Waals surface area contributed by atoms with Crippen LogP contribution in [-0.2, 0) is 12.8 Å². The molecule has 3 N–H and O–H groups in total. The average molecular weight is 370 g/mol. The fraction of sp³-hybridized carbons (Fsp3) is 0.320. The van der Waals surface area contributed by atoms with Gasteiger partial charge in [0.2, 0.25) is 0 Å². The first kappa shape index (κ1) is 17.3. The summed E-state index contributed by atoms with van der Waals surface area (Å²) in [6.45, 7) is 0. The largest absolute Gasteiger partial charge is 0.369 e. The van der Waals surface area contributed by atoms with Crippen molar-refractivity contribution in [1.29, 1.82) is 0 Å². The SMILES string of the molecule is NC(=Nc1ccc2c3c(cccc13)CC2)Nc1ccc(C2CCCCC2)cc1. The molecule has 0 unspecified atom stereocenters. The van der Waals surface area contributed by atoms with E-state index in [0.717, 1.165) is 30.1 Å². The Balaban J connectivity index is 1.36. The summed E-state index contributed by atoms with van der Waals surface area (Å²) >= 11 is 0. The predicted octanol–water partition coefficient (Wildman–Crippen LogP) is 6.04. The Kier molecular flexibility index (Phi) is 4.52. The molecule has 0 spiro atoms. The lowest BCUT2D eigenvalue weighted by Crippen LogP contribution is -2.22. The van der Waals surface area contributed by atoms with E-state index in [4.69, 9.17) is 5.73 Å². The Hall–Kier alpha value is -2.81. The van der Waals surface area contributed by atoms with Gasteiger partial charge in [0.25, 0.3) is 0 Å². The number of aliphatic imine (C=N–C) groups is 1. The second-order valence-corrected chi connectivity index (χ2v) is 8.16. The highest BCUT2D eigenvalue weighted by Gasteiger charge is 2.16. The van der Waals surface area contributed by atoms with Crippen molar-refractivity contribution in [2.75, 3.05) is 5.32 Å². The van der Waals surface area contributed by atoms with E-state index >= 15 is 0 Å². The van der Waals surface area contributed by atoms with E-state index in [9.17, 15) is 0 Å². The number of nitrogens with two attached hydrogens (primary N) is 1. The maximum absolute atomic E-state index is 6.24. The van der Waals surface area contributed by atoms with Crippen LogP contribution in [0, 0.1) is 0 Å². The molecule has 0 radical (unpaired) electrons. The van der Waals surface area contributed by atoms with E-state index < -0.39 is 0 Å². The molecule has 0 saturated heterocycles. The van der Waals surface area contributed by atoms with Gasteiger partial charge in [-0.2, -0.15) is 0 Å². The van der Waals surface area contributed by atoms with Gasteiger partial charge in [-0.25, -0.2) is 4.99 Å². The molecular weight excluding hydrogens is 342 g/mol. The number of hydrogen-bond donors (Lipinski definition) is 2. The van der Waals surface area contributed by atoms with Crippen LogP contribution in [-0.4, -0.2) is 5.96 Å². The van der Waals surface area contributed by atoms with Crippen LogP contribution in [0.25, 0.3) is 10.8 Å². The number of aryl methyl sites for hydroxylation is 2. The quantitative estimate of drug-likeness (QED) is 0.436. The summed E-state index contributed by atoms with van der Waals surface area (Å²) in [4.78, 5) is 4.69. The van der Waals surface area contributed by atoms with E-state index in [-0.39, 0.29) is 0 Å². The van der Waals surface area contributed by atoms with Crippen molar-refractivity contribution >= 4 is 28.1 Å². The van der Waals surface area contributed by atoms with Gasteiger partial charge in [-0.3, -0.25) is 0 Å². The molecule has 1 saturated carbocycles. The number of nitrogens with zero attached hydrogens (tertiary/aromatic N) is 1. The third-order valence-corrected chi connectivity index (χ3v) is 6.35. The summed E-state index contributed by atoms with van der Waals surface area (Å²) < 4.78 is 0. The van der Waals surface area contributed by atoms with Crippen LogP contribution >= 0.6 is 0 Å². The summed E-state index contributed by atoms with van der Waals surface area (Å²) in [6.07, 6.45) is 9.00. The molecule has 0 aliphatic heterocycles. The Morgan fingerprint density at radius 2 is 1.61 bits per heavy atom. The maximum atomic E-state index is 6.24. The van der Waals surface area contributed by atoms with Crippen LogP contribution in [0.5, 0.6) is 0 Å². The minimum Gasteiger partial charge on any atom is -0.369 e. The molecular formula is C25H27N3. The average Bonchev–Trinajstić information content (AvgIpc) is 3.16. The van der Waals surface area contributed by atoms with E-state index in [2.05, 4.69) is 64.9 Å². The molecule has 0 aromatic heterocycles. The third kappa shape index (κ3) is 3.26. The van der Waals surface area contributed by atoms with Gasteiger partial charge in [0.1, 0.15) is 0 Å². The lowest BCUT2D eigenvalue weighted by atomic mass is 9.84. The molecule has 28 heavy (non-hydrogen) atoms. The zero-order valence-corrected chi connectivity index (χ0v) is 16.2. The highest BCUT2D eigenvalue weighted by molar-refractivity contribution is 6.02. The number of hydrogen-bond acceptors (Lipinski definition) is 1. The van der Waals surface area contributed by atoms with Crippen LogP contribution < -0.4 is 11.1 Å². The first-order valence-electron chi connectivity index (χ1n) is 10.5. The summed E-state index contributed by atoms with van der Waals surface area (Å²) in [5.41, 5.74) is 12.5. The molecule has 142 valence electrons. The highest BCUT2D eigenvalue weighted by atomic mass is 15.1. The molecule has 2 aliphatic rings. The minimum atomic E-state index is 0.434. The lowest BCUT2D eigenvalue weighted by molar-refractivity contribution is 0.443. The van der Waals surface area contributed by atoms with E-state index in [1.807, 2.05) is 0 Å². The Morgan fingerprint density at radius 1 is 0.857 bits per heavy atom. The lowest BCUT2D eigenvalue weighted by Gasteiger charge is -2.22. The van der Waals surface area contributed by atoms with Crippen molar-refractivity contribution in [3.8, 4) is 0 Å². The van der Waals surface area contributed by atoms with Gasteiger partial charge >= 0.3 is 0 Å². The fourth-order valence-corrected chi connectivity index (χ4v) is 4.91. The molecule has 1 fully saturated rings. The smallest absolute Gasteiger partial charge is 0.198 e. The van der Waals surface area contributed by atoms with E-state index in [0.29, 0.717) is 5.96 Å². The molecule has 0 atom stereocenters. The topological polar surface area (TPSA) is 50.4 Å². The zero-order chi connectivity index (χ0) is 18.9.